The maximum atomic E-state index is 12.5. The highest BCUT2D eigenvalue weighted by molar-refractivity contribution is 6.32. The van der Waals surface area contributed by atoms with Crippen LogP contribution < -0.4 is 0 Å². The number of hydrogen-bond donors (Lipinski definition) is 0. The van der Waals surface area contributed by atoms with Crippen molar-refractivity contribution >= 4 is 23.2 Å². The van der Waals surface area contributed by atoms with Crippen LogP contribution in [0.15, 0.2) is 12.3 Å². The van der Waals surface area contributed by atoms with Crippen LogP contribution in [0.2, 0.25) is 5.15 Å². The van der Waals surface area contributed by atoms with Crippen molar-refractivity contribution in [2.75, 3.05) is 19.7 Å². The second-order valence-corrected chi connectivity index (χ2v) is 4.90. The maximum absolute atomic E-state index is 12.5. The minimum absolute atomic E-state index is 0.0379. The number of carbonyl (C=O) groups excluding carboxylic acids is 1. The van der Waals surface area contributed by atoms with Gasteiger partial charge in [-0.1, -0.05) is 11.6 Å². The molecule has 1 aliphatic rings. The van der Waals surface area contributed by atoms with Gasteiger partial charge in [0.2, 0.25) is 5.15 Å². The lowest BCUT2D eigenvalue weighted by molar-refractivity contribution is -0.385. The van der Waals surface area contributed by atoms with E-state index >= 15 is 0 Å². The lowest BCUT2D eigenvalue weighted by Crippen LogP contribution is -2.36. The standard InChI is InChI=1S/C12H14ClN3O4/c1-8-7-15(5-2-6-20-8)12(17)9-3-4-14-11(13)10(9)16(18)19/h3-4,8H,2,5-7H2,1H3. The molecule has 108 valence electrons. The summed E-state index contributed by atoms with van der Waals surface area (Å²) < 4.78 is 5.45. The van der Waals surface area contributed by atoms with E-state index in [4.69, 9.17) is 16.3 Å². The number of nitrogens with zero attached hydrogens (tertiary/aromatic N) is 3. The van der Waals surface area contributed by atoms with Crippen molar-refractivity contribution in [1.82, 2.24) is 9.88 Å². The molecule has 0 bridgehead atoms. The zero-order valence-electron chi connectivity index (χ0n) is 10.9. The van der Waals surface area contributed by atoms with Crippen LogP contribution in [-0.4, -0.2) is 46.5 Å². The third kappa shape index (κ3) is 3.05. The van der Waals surface area contributed by atoms with Crippen LogP contribution in [0.25, 0.3) is 0 Å². The van der Waals surface area contributed by atoms with E-state index < -0.39 is 16.5 Å². The molecule has 1 unspecified atom stereocenters. The first-order chi connectivity index (χ1) is 9.50. The summed E-state index contributed by atoms with van der Waals surface area (Å²) in [6, 6.07) is 1.32. The van der Waals surface area contributed by atoms with Gasteiger partial charge in [0, 0.05) is 25.9 Å². The van der Waals surface area contributed by atoms with Crippen molar-refractivity contribution in [3.05, 3.63) is 33.1 Å². The summed E-state index contributed by atoms with van der Waals surface area (Å²) in [5, 5.41) is 10.8. The topological polar surface area (TPSA) is 85.6 Å². The molecule has 1 saturated heterocycles. The number of amides is 1. The predicted molar refractivity (Wildman–Crippen MR) is 71.8 cm³/mol. The van der Waals surface area contributed by atoms with Gasteiger partial charge < -0.3 is 9.64 Å². The number of rotatable bonds is 2. The van der Waals surface area contributed by atoms with Crippen LogP contribution in [0.1, 0.15) is 23.7 Å². The quantitative estimate of drug-likeness (QED) is 0.473. The first-order valence-electron chi connectivity index (χ1n) is 6.20. The number of carbonyl (C=O) groups is 1. The molecule has 0 aliphatic carbocycles. The summed E-state index contributed by atoms with van der Waals surface area (Å²) in [5.41, 5.74) is -0.485. The minimum atomic E-state index is -0.680. The summed E-state index contributed by atoms with van der Waals surface area (Å²) in [6.07, 6.45) is 1.89. The Hall–Kier alpha value is -1.73. The third-order valence-corrected chi connectivity index (χ3v) is 3.31. The number of ether oxygens (including phenoxy) is 1. The van der Waals surface area contributed by atoms with E-state index in [2.05, 4.69) is 4.98 Å². The first-order valence-corrected chi connectivity index (χ1v) is 6.58. The number of nitro groups is 1. The first kappa shape index (κ1) is 14.7. The second-order valence-electron chi connectivity index (χ2n) is 4.54. The van der Waals surface area contributed by atoms with Gasteiger partial charge in [-0.25, -0.2) is 4.98 Å². The Kier molecular flexibility index (Phi) is 4.51. The molecule has 1 aromatic rings. The van der Waals surface area contributed by atoms with E-state index in [0.717, 1.165) is 0 Å². The van der Waals surface area contributed by atoms with Crippen molar-refractivity contribution in [2.45, 2.75) is 19.4 Å². The Balaban J connectivity index is 2.33. The van der Waals surface area contributed by atoms with Gasteiger partial charge >= 0.3 is 5.69 Å². The van der Waals surface area contributed by atoms with Gasteiger partial charge in [-0.05, 0) is 19.4 Å². The maximum Gasteiger partial charge on any atom is 0.319 e. The highest BCUT2D eigenvalue weighted by atomic mass is 35.5. The Labute approximate surface area is 120 Å². The van der Waals surface area contributed by atoms with Crippen molar-refractivity contribution < 1.29 is 14.5 Å². The normalized spacial score (nSPS) is 19.5. The number of halogens is 1. The average Bonchev–Trinajstić information content (AvgIpc) is 2.61. The molecule has 2 rings (SSSR count). The lowest BCUT2D eigenvalue weighted by atomic mass is 10.2. The van der Waals surface area contributed by atoms with Gasteiger partial charge in [-0.3, -0.25) is 14.9 Å². The van der Waals surface area contributed by atoms with Crippen LogP contribution in [0.5, 0.6) is 0 Å². The van der Waals surface area contributed by atoms with E-state index in [1.807, 2.05) is 6.92 Å². The molecule has 7 nitrogen and oxygen atoms in total. The van der Waals surface area contributed by atoms with Crippen molar-refractivity contribution in [1.29, 1.82) is 0 Å². The minimum Gasteiger partial charge on any atom is -0.377 e. The number of aromatic nitrogens is 1. The molecule has 0 N–H and O–H groups in total. The van der Waals surface area contributed by atoms with Gasteiger partial charge in [0.15, 0.2) is 0 Å². The van der Waals surface area contributed by atoms with E-state index in [-0.39, 0.29) is 16.8 Å². The summed E-state index contributed by atoms with van der Waals surface area (Å²) in [4.78, 5) is 28.0. The van der Waals surface area contributed by atoms with Crippen LogP contribution >= 0.6 is 11.6 Å². The molecule has 1 atom stereocenters. The SMILES string of the molecule is CC1CN(C(=O)c2ccnc(Cl)c2[N+](=O)[O-])CCCO1. The summed E-state index contributed by atoms with van der Waals surface area (Å²) in [7, 11) is 0. The van der Waals surface area contributed by atoms with Gasteiger partial charge in [0.05, 0.1) is 11.0 Å². The highest BCUT2D eigenvalue weighted by Gasteiger charge is 2.29. The molecule has 1 amide bonds. The largest absolute Gasteiger partial charge is 0.377 e. The third-order valence-electron chi connectivity index (χ3n) is 3.03. The molecule has 1 aromatic heterocycles. The molecule has 0 aromatic carbocycles. The molecule has 0 radical (unpaired) electrons. The molecule has 8 heteroatoms. The van der Waals surface area contributed by atoms with Crippen LogP contribution in [0.4, 0.5) is 5.69 Å². The Bertz CT molecular complexity index is 537. The molecule has 20 heavy (non-hydrogen) atoms. The van der Waals surface area contributed by atoms with Crippen LogP contribution in [0, 0.1) is 10.1 Å². The molecule has 2 heterocycles. The van der Waals surface area contributed by atoms with Crippen molar-refractivity contribution in [3.63, 3.8) is 0 Å². The smallest absolute Gasteiger partial charge is 0.319 e. The fourth-order valence-corrected chi connectivity index (χ4v) is 2.35. The second kappa shape index (κ2) is 6.15. The zero-order chi connectivity index (χ0) is 14.7. The fourth-order valence-electron chi connectivity index (χ4n) is 2.12. The van der Waals surface area contributed by atoms with E-state index in [0.29, 0.717) is 26.1 Å². The highest BCUT2D eigenvalue weighted by Crippen LogP contribution is 2.27. The van der Waals surface area contributed by atoms with Crippen molar-refractivity contribution in [2.24, 2.45) is 0 Å². The monoisotopic (exact) mass is 299 g/mol. The Morgan fingerprint density at radius 1 is 1.65 bits per heavy atom. The average molecular weight is 300 g/mol. The lowest BCUT2D eigenvalue weighted by Gasteiger charge is -2.22. The van der Waals surface area contributed by atoms with E-state index in [1.165, 1.54) is 12.3 Å². The van der Waals surface area contributed by atoms with Crippen molar-refractivity contribution in [3.8, 4) is 0 Å². The van der Waals surface area contributed by atoms with Gasteiger partial charge in [-0.2, -0.15) is 0 Å². The predicted octanol–water partition coefficient (Wildman–Crippen LogP) is 1.89. The van der Waals surface area contributed by atoms with Gasteiger partial charge in [0.1, 0.15) is 5.56 Å². The number of hydrogen-bond acceptors (Lipinski definition) is 5. The Morgan fingerprint density at radius 3 is 3.10 bits per heavy atom. The zero-order valence-corrected chi connectivity index (χ0v) is 11.7. The van der Waals surface area contributed by atoms with E-state index in [9.17, 15) is 14.9 Å². The Morgan fingerprint density at radius 2 is 2.40 bits per heavy atom. The summed E-state index contributed by atoms with van der Waals surface area (Å²) in [5.74, 6) is -0.418. The fraction of sp³-hybridized carbons (Fsp3) is 0.500. The van der Waals surface area contributed by atoms with E-state index in [1.54, 1.807) is 4.90 Å². The number of pyridine rings is 1. The summed E-state index contributed by atoms with van der Waals surface area (Å²) in [6.45, 7) is 3.33. The summed E-state index contributed by atoms with van der Waals surface area (Å²) >= 11 is 5.72. The van der Waals surface area contributed by atoms with Gasteiger partial charge in [-0.15, -0.1) is 0 Å². The van der Waals surface area contributed by atoms with Crippen LogP contribution in [-0.2, 0) is 4.74 Å². The molecule has 1 aliphatic heterocycles. The van der Waals surface area contributed by atoms with Gasteiger partial charge in [0.25, 0.3) is 5.91 Å². The molecule has 0 spiro atoms. The van der Waals surface area contributed by atoms with Crippen LogP contribution in [0.3, 0.4) is 0 Å². The molecular formula is C12H14ClN3O4. The molecule has 0 saturated carbocycles. The molecule has 1 fully saturated rings. The molecular weight excluding hydrogens is 286 g/mol.